The zero-order valence-corrected chi connectivity index (χ0v) is 20.3. The molecule has 186 valence electrons. The highest BCUT2D eigenvalue weighted by molar-refractivity contribution is 6.36. The Kier molecular flexibility index (Phi) is 10.9. The molecular formula is C24H24Cl2N2O7. The van der Waals surface area contributed by atoms with Gasteiger partial charge in [0.05, 0.1) is 30.5 Å². The molecule has 1 aliphatic rings. The minimum atomic E-state index is -1.26. The van der Waals surface area contributed by atoms with Crippen molar-refractivity contribution in [2.45, 2.75) is 0 Å². The van der Waals surface area contributed by atoms with Crippen molar-refractivity contribution in [2.75, 3.05) is 44.8 Å². The van der Waals surface area contributed by atoms with Crippen LogP contribution in [0, 0.1) is 0 Å². The molecule has 11 heteroatoms. The number of benzene rings is 2. The van der Waals surface area contributed by atoms with Gasteiger partial charge in [0.25, 0.3) is 0 Å². The maximum absolute atomic E-state index is 13.0. The van der Waals surface area contributed by atoms with Crippen LogP contribution in [0.15, 0.2) is 54.6 Å². The molecule has 2 aromatic rings. The molecule has 0 spiro atoms. The molecule has 1 amide bonds. The average Bonchev–Trinajstić information content (AvgIpc) is 2.83. The number of amides is 1. The molecule has 0 aliphatic carbocycles. The van der Waals surface area contributed by atoms with Crippen molar-refractivity contribution in [1.29, 1.82) is 0 Å². The summed E-state index contributed by atoms with van der Waals surface area (Å²) in [5, 5.41) is 16.4. The van der Waals surface area contributed by atoms with E-state index in [0.717, 1.165) is 0 Å². The van der Waals surface area contributed by atoms with E-state index in [0.29, 0.717) is 65.3 Å². The number of carbonyl (C=O) groups is 4. The zero-order valence-electron chi connectivity index (χ0n) is 18.8. The zero-order chi connectivity index (χ0) is 26.0. The van der Waals surface area contributed by atoms with Crippen LogP contribution in [-0.4, -0.2) is 78.6 Å². The van der Waals surface area contributed by atoms with Gasteiger partial charge in [0.2, 0.25) is 5.91 Å². The molecule has 1 saturated heterocycles. The van der Waals surface area contributed by atoms with Crippen LogP contribution in [0.25, 0.3) is 0 Å². The Bertz CT molecular complexity index is 1100. The Labute approximate surface area is 212 Å². The molecule has 0 unspecified atom stereocenters. The van der Waals surface area contributed by atoms with Gasteiger partial charge in [-0.15, -0.1) is 0 Å². The van der Waals surface area contributed by atoms with Crippen LogP contribution in [0.1, 0.15) is 15.9 Å². The van der Waals surface area contributed by atoms with Gasteiger partial charge in [-0.05, 0) is 30.3 Å². The fourth-order valence-corrected chi connectivity index (χ4v) is 3.50. The van der Waals surface area contributed by atoms with Gasteiger partial charge in [-0.3, -0.25) is 14.5 Å². The lowest BCUT2D eigenvalue weighted by Crippen LogP contribution is -2.44. The number of hydrogen-bond donors (Lipinski definition) is 2. The highest BCUT2D eigenvalue weighted by atomic mass is 35.5. The number of morpholine rings is 1. The summed E-state index contributed by atoms with van der Waals surface area (Å²) in [6, 6.07) is 11.7. The van der Waals surface area contributed by atoms with Gasteiger partial charge < -0.3 is 19.8 Å². The summed E-state index contributed by atoms with van der Waals surface area (Å²) in [7, 11) is 1.66. The summed E-state index contributed by atoms with van der Waals surface area (Å²) in [5.74, 6) is -2.89. The third-order valence-electron chi connectivity index (χ3n) is 4.89. The first-order valence-electron chi connectivity index (χ1n) is 10.4. The maximum atomic E-state index is 13.0. The minimum Gasteiger partial charge on any atom is -0.478 e. The Morgan fingerprint density at radius 3 is 2.14 bits per heavy atom. The van der Waals surface area contributed by atoms with Crippen LogP contribution in [0.3, 0.4) is 0 Å². The number of nitrogens with zero attached hydrogens (tertiary/aromatic N) is 2. The second-order valence-electron chi connectivity index (χ2n) is 7.32. The molecule has 0 atom stereocenters. The van der Waals surface area contributed by atoms with Crippen LogP contribution >= 0.6 is 23.2 Å². The van der Waals surface area contributed by atoms with Gasteiger partial charge in [0.1, 0.15) is 0 Å². The average molecular weight is 523 g/mol. The number of rotatable bonds is 7. The molecule has 0 bridgehead atoms. The number of carboxylic acids is 2. The molecule has 9 nitrogen and oxygen atoms in total. The lowest BCUT2D eigenvalue weighted by molar-refractivity contribution is -0.134. The number of ketones is 1. The van der Waals surface area contributed by atoms with Crippen LogP contribution in [-0.2, 0) is 19.1 Å². The smallest absolute Gasteiger partial charge is 0.328 e. The molecule has 0 aromatic heterocycles. The molecule has 1 heterocycles. The molecule has 1 aliphatic heterocycles. The molecule has 1 fully saturated rings. The first kappa shape index (κ1) is 28.0. The fraction of sp³-hybridized carbons (Fsp3) is 0.250. The molecule has 3 rings (SSSR count). The Morgan fingerprint density at radius 2 is 1.57 bits per heavy atom. The van der Waals surface area contributed by atoms with Crippen molar-refractivity contribution in [1.82, 2.24) is 4.90 Å². The topological polar surface area (TPSA) is 124 Å². The van der Waals surface area contributed by atoms with Crippen molar-refractivity contribution in [3.8, 4) is 0 Å². The van der Waals surface area contributed by atoms with Crippen LogP contribution in [0.2, 0.25) is 10.0 Å². The Balaban J connectivity index is 0.000000466. The number of likely N-dealkylation sites (N-methyl/N-ethyl adjacent to an activating group) is 1. The van der Waals surface area contributed by atoms with E-state index < -0.39 is 11.9 Å². The van der Waals surface area contributed by atoms with E-state index in [2.05, 4.69) is 0 Å². The molecule has 2 N–H and O–H groups in total. The van der Waals surface area contributed by atoms with Crippen molar-refractivity contribution in [2.24, 2.45) is 0 Å². The van der Waals surface area contributed by atoms with Crippen LogP contribution in [0.5, 0.6) is 0 Å². The summed E-state index contributed by atoms with van der Waals surface area (Å²) in [5.41, 5.74) is 1.22. The van der Waals surface area contributed by atoms with E-state index >= 15 is 0 Å². The molecule has 2 aromatic carbocycles. The number of carbonyl (C=O) groups excluding carboxylic acids is 2. The van der Waals surface area contributed by atoms with E-state index in [1.54, 1.807) is 49.5 Å². The van der Waals surface area contributed by atoms with Gasteiger partial charge in [-0.1, -0.05) is 35.3 Å². The normalized spacial score (nSPS) is 13.6. The highest BCUT2D eigenvalue weighted by Crippen LogP contribution is 2.28. The summed E-state index contributed by atoms with van der Waals surface area (Å²) in [6.07, 6.45) is 1.12. The molecule has 0 saturated carbocycles. The van der Waals surface area contributed by atoms with Crippen molar-refractivity contribution in [3.63, 3.8) is 0 Å². The number of carboxylic acid groups (broad SMARTS) is 2. The number of ether oxygens (including phenoxy) is 1. The lowest BCUT2D eigenvalue weighted by atomic mass is 10.0. The monoisotopic (exact) mass is 522 g/mol. The van der Waals surface area contributed by atoms with Gasteiger partial charge in [0, 0.05) is 48.4 Å². The standard InChI is InChI=1S/C20H20Cl2N2O3.C4H4O4/c1-23(19(25)13-24-8-10-27-11-9-24)18-7-6-14(21)12-16(18)20(26)15-4-2-3-5-17(15)22;5-3(6)1-2-4(7)8/h2-7,12H,8-11,13H2,1H3;1-2H,(H,5,6)(H,7,8)/b;2-1+. The predicted molar refractivity (Wildman–Crippen MR) is 131 cm³/mol. The molecule has 35 heavy (non-hydrogen) atoms. The van der Waals surface area contributed by atoms with E-state index in [1.165, 1.54) is 4.90 Å². The van der Waals surface area contributed by atoms with E-state index in [-0.39, 0.29) is 18.2 Å². The molecule has 0 radical (unpaired) electrons. The first-order chi connectivity index (χ1) is 16.6. The second-order valence-corrected chi connectivity index (χ2v) is 8.17. The van der Waals surface area contributed by atoms with Gasteiger partial charge in [-0.25, -0.2) is 9.59 Å². The van der Waals surface area contributed by atoms with Crippen molar-refractivity contribution < 1.29 is 34.1 Å². The van der Waals surface area contributed by atoms with Crippen molar-refractivity contribution >= 4 is 52.5 Å². The summed E-state index contributed by atoms with van der Waals surface area (Å²) in [4.78, 5) is 48.4. The third-order valence-corrected chi connectivity index (χ3v) is 5.45. The Morgan fingerprint density at radius 1 is 0.971 bits per heavy atom. The molecular weight excluding hydrogens is 499 g/mol. The number of halogens is 2. The summed E-state index contributed by atoms with van der Waals surface area (Å²) < 4.78 is 5.31. The Hall–Kier alpha value is -3.24. The maximum Gasteiger partial charge on any atom is 0.328 e. The van der Waals surface area contributed by atoms with Crippen LogP contribution in [0.4, 0.5) is 5.69 Å². The number of hydrogen-bond acceptors (Lipinski definition) is 6. The quantitative estimate of drug-likeness (QED) is 0.419. The van der Waals surface area contributed by atoms with Gasteiger partial charge in [-0.2, -0.15) is 0 Å². The number of aliphatic carboxylic acids is 2. The first-order valence-corrected chi connectivity index (χ1v) is 11.1. The van der Waals surface area contributed by atoms with Crippen molar-refractivity contribution in [3.05, 3.63) is 75.8 Å². The summed E-state index contributed by atoms with van der Waals surface area (Å²) in [6.45, 7) is 2.93. The predicted octanol–water partition coefficient (Wildman–Crippen LogP) is 3.23. The van der Waals surface area contributed by atoms with Crippen LogP contribution < -0.4 is 4.90 Å². The third kappa shape index (κ3) is 8.80. The SMILES string of the molecule is CN(C(=O)CN1CCOCC1)c1ccc(Cl)cc1C(=O)c1ccccc1Cl.O=C(O)/C=C/C(=O)O. The van der Waals surface area contributed by atoms with E-state index in [4.69, 9.17) is 38.2 Å². The van der Waals surface area contributed by atoms with Gasteiger partial charge >= 0.3 is 11.9 Å². The van der Waals surface area contributed by atoms with E-state index in [9.17, 15) is 19.2 Å². The fourth-order valence-electron chi connectivity index (χ4n) is 3.11. The summed E-state index contributed by atoms with van der Waals surface area (Å²) >= 11 is 12.3. The highest BCUT2D eigenvalue weighted by Gasteiger charge is 2.23. The minimum absolute atomic E-state index is 0.104. The second kappa shape index (κ2) is 13.6. The van der Waals surface area contributed by atoms with Gasteiger partial charge in [0.15, 0.2) is 5.78 Å². The number of anilines is 1. The van der Waals surface area contributed by atoms with E-state index in [1.807, 2.05) is 4.90 Å². The lowest BCUT2D eigenvalue weighted by Gasteiger charge is -2.28. The largest absolute Gasteiger partial charge is 0.478 e.